The van der Waals surface area contributed by atoms with Crippen molar-refractivity contribution in [2.45, 2.75) is 70.1 Å². The van der Waals surface area contributed by atoms with Crippen LogP contribution in [-0.2, 0) is 22.1 Å². The Labute approximate surface area is 225 Å². The number of carbonyl (C=O) groups excluding carboxylic acids is 2. The van der Waals surface area contributed by atoms with E-state index in [4.69, 9.17) is 9.47 Å². The molecule has 1 aliphatic carbocycles. The average molecular weight is 550 g/mol. The molecule has 0 spiro atoms. The molecule has 1 aliphatic heterocycles. The van der Waals surface area contributed by atoms with Crippen LogP contribution >= 0.6 is 0 Å². The molecule has 0 radical (unpaired) electrons. The van der Waals surface area contributed by atoms with Gasteiger partial charge in [0, 0.05) is 44.0 Å². The summed E-state index contributed by atoms with van der Waals surface area (Å²) in [5, 5.41) is 8.81. The third-order valence-corrected chi connectivity index (χ3v) is 7.19. The quantitative estimate of drug-likeness (QED) is 0.447. The molecule has 2 atom stereocenters. The van der Waals surface area contributed by atoms with E-state index in [0.717, 1.165) is 31.9 Å². The van der Waals surface area contributed by atoms with Crippen molar-refractivity contribution in [1.29, 1.82) is 0 Å². The number of nitrogens with zero attached hydrogens (tertiary/aromatic N) is 2. The number of rotatable bonds is 8. The summed E-state index contributed by atoms with van der Waals surface area (Å²) in [6, 6.07) is 4.59. The zero-order valence-electron chi connectivity index (χ0n) is 22.1. The lowest BCUT2D eigenvalue weighted by atomic mass is 9.81. The number of aromatic nitrogens is 2. The maximum absolute atomic E-state index is 13.8. The normalized spacial score (nSPS) is 20.2. The van der Waals surface area contributed by atoms with Gasteiger partial charge in [0.15, 0.2) is 0 Å². The minimum absolute atomic E-state index is 0.0254. The fourth-order valence-corrected chi connectivity index (χ4v) is 5.19. The van der Waals surface area contributed by atoms with Crippen LogP contribution in [0.15, 0.2) is 24.4 Å². The van der Waals surface area contributed by atoms with E-state index in [1.165, 1.54) is 14.0 Å². The lowest BCUT2D eigenvalue weighted by Gasteiger charge is -2.32. The van der Waals surface area contributed by atoms with Gasteiger partial charge in [-0.1, -0.05) is 12.8 Å². The van der Waals surface area contributed by atoms with Crippen molar-refractivity contribution >= 4 is 23.5 Å². The minimum atomic E-state index is -4.62. The Bertz CT molecular complexity index is 1170. The van der Waals surface area contributed by atoms with Crippen molar-refractivity contribution in [2.24, 2.45) is 5.92 Å². The highest BCUT2D eigenvalue weighted by Crippen LogP contribution is 2.36. The van der Waals surface area contributed by atoms with Gasteiger partial charge in [-0.3, -0.25) is 9.59 Å². The van der Waals surface area contributed by atoms with Crippen LogP contribution in [0.1, 0.15) is 67.1 Å². The first-order chi connectivity index (χ1) is 18.6. The average Bonchev–Trinajstić information content (AvgIpc) is 2.90. The molecule has 2 fully saturated rings. The fourth-order valence-electron chi connectivity index (χ4n) is 5.19. The number of nitrogens with one attached hydrogen (secondary N) is 3. The molecule has 2 amide bonds. The molecule has 1 aromatic heterocycles. The molecule has 212 valence electrons. The highest BCUT2D eigenvalue weighted by atomic mass is 19.4. The Kier molecular flexibility index (Phi) is 9.26. The van der Waals surface area contributed by atoms with Gasteiger partial charge in [-0.25, -0.2) is 9.97 Å². The van der Waals surface area contributed by atoms with E-state index >= 15 is 0 Å². The lowest BCUT2D eigenvalue weighted by molar-refractivity contribution is -0.139. The summed E-state index contributed by atoms with van der Waals surface area (Å²) in [7, 11) is 1.44. The van der Waals surface area contributed by atoms with Crippen LogP contribution in [0.4, 0.5) is 24.8 Å². The number of hydrogen-bond acceptors (Lipinski definition) is 7. The molecule has 3 N–H and O–H groups in total. The van der Waals surface area contributed by atoms with Crippen LogP contribution in [0.25, 0.3) is 0 Å². The number of amides is 2. The highest BCUT2D eigenvalue weighted by molar-refractivity contribution is 5.95. The predicted octanol–water partition coefficient (Wildman–Crippen LogP) is 4.39. The molecule has 2 aliphatic rings. The second-order valence-corrected chi connectivity index (χ2v) is 10.0. The molecule has 2 heterocycles. The zero-order chi connectivity index (χ0) is 28.0. The van der Waals surface area contributed by atoms with Crippen molar-refractivity contribution < 1.29 is 32.2 Å². The Balaban J connectivity index is 1.54. The third-order valence-electron chi connectivity index (χ3n) is 7.19. The van der Waals surface area contributed by atoms with Crippen LogP contribution in [0, 0.1) is 5.92 Å². The fraction of sp³-hybridized carbons (Fsp3) is 0.556. The second-order valence-electron chi connectivity index (χ2n) is 10.0. The van der Waals surface area contributed by atoms with Gasteiger partial charge < -0.3 is 25.4 Å². The van der Waals surface area contributed by atoms with E-state index in [1.807, 2.05) is 0 Å². The third kappa shape index (κ3) is 7.59. The number of carbonyl (C=O) groups is 2. The topological polar surface area (TPSA) is 114 Å². The van der Waals surface area contributed by atoms with Crippen molar-refractivity contribution in [3.05, 3.63) is 41.2 Å². The van der Waals surface area contributed by atoms with Gasteiger partial charge in [-0.15, -0.1) is 0 Å². The van der Waals surface area contributed by atoms with E-state index in [2.05, 4.69) is 25.9 Å². The van der Waals surface area contributed by atoms with Gasteiger partial charge in [0.25, 0.3) is 5.91 Å². The number of halogens is 3. The first kappa shape index (κ1) is 28.6. The maximum Gasteiger partial charge on any atom is 0.419 e. The first-order valence-electron chi connectivity index (χ1n) is 13.2. The van der Waals surface area contributed by atoms with E-state index in [-0.39, 0.29) is 47.9 Å². The molecule has 12 heteroatoms. The monoisotopic (exact) mass is 549 g/mol. The van der Waals surface area contributed by atoms with Crippen LogP contribution < -0.4 is 20.7 Å². The van der Waals surface area contributed by atoms with Gasteiger partial charge in [-0.2, -0.15) is 13.2 Å². The molecule has 39 heavy (non-hydrogen) atoms. The van der Waals surface area contributed by atoms with Crippen LogP contribution in [0.3, 0.4) is 0 Å². The summed E-state index contributed by atoms with van der Waals surface area (Å²) in [4.78, 5) is 32.5. The Hall–Kier alpha value is -3.41. The van der Waals surface area contributed by atoms with Crippen molar-refractivity contribution in [2.75, 3.05) is 25.6 Å². The number of hydrogen-bond donors (Lipinski definition) is 3. The number of anilines is 2. The standard InChI is InChI=1S/C27H34F3N5O4/c1-16(36)32-21-6-4-3-5-17(21)13-23-20(27(28,29)30)15-31-26(35-23)34-22-8-7-18(14-24(22)38-2)25(37)33-19-9-11-39-12-10-19/h7-8,14-15,17,19,21H,3-6,9-13H2,1-2H3,(H,32,36)(H,33,37)(H,31,34,35)/t17-,21+/m0/s1. The van der Waals surface area contributed by atoms with Gasteiger partial charge in [0.2, 0.25) is 11.9 Å². The number of methoxy groups -OCH3 is 1. The molecule has 0 unspecified atom stereocenters. The van der Waals surface area contributed by atoms with Crippen LogP contribution in [-0.4, -0.2) is 54.2 Å². The zero-order valence-corrected chi connectivity index (χ0v) is 22.1. The van der Waals surface area contributed by atoms with Gasteiger partial charge in [-0.05, 0) is 56.2 Å². The molecular formula is C27H34F3N5O4. The summed E-state index contributed by atoms with van der Waals surface area (Å²) in [6.07, 6.45) is 0.890. The maximum atomic E-state index is 13.8. The second kappa shape index (κ2) is 12.6. The van der Waals surface area contributed by atoms with E-state index in [9.17, 15) is 22.8 Å². The SMILES string of the molecule is COc1cc(C(=O)NC2CCOCC2)ccc1Nc1ncc(C(F)(F)F)c(C[C@@H]2CCCC[C@H]2NC(C)=O)n1. The van der Waals surface area contributed by atoms with Gasteiger partial charge >= 0.3 is 6.18 Å². The van der Waals surface area contributed by atoms with E-state index in [0.29, 0.717) is 43.1 Å². The van der Waals surface area contributed by atoms with E-state index < -0.39 is 11.7 Å². The molecule has 1 aromatic carbocycles. The molecule has 1 saturated heterocycles. The predicted molar refractivity (Wildman–Crippen MR) is 138 cm³/mol. The van der Waals surface area contributed by atoms with Crippen LogP contribution in [0.5, 0.6) is 5.75 Å². The molecule has 2 aromatic rings. The summed E-state index contributed by atoms with van der Waals surface area (Å²) in [5.41, 5.74) is -0.236. The van der Waals surface area contributed by atoms with Gasteiger partial charge in [0.05, 0.1) is 24.1 Å². The van der Waals surface area contributed by atoms with Crippen LogP contribution in [0.2, 0.25) is 0 Å². The summed E-state index contributed by atoms with van der Waals surface area (Å²) in [6.45, 7) is 2.61. The molecular weight excluding hydrogens is 515 g/mol. The Morgan fingerprint density at radius 1 is 1.10 bits per heavy atom. The molecule has 0 bridgehead atoms. The van der Waals surface area contributed by atoms with Crippen molar-refractivity contribution in [3.63, 3.8) is 0 Å². The first-order valence-corrected chi connectivity index (χ1v) is 13.2. The van der Waals surface area contributed by atoms with Crippen molar-refractivity contribution in [3.8, 4) is 5.75 Å². The largest absolute Gasteiger partial charge is 0.495 e. The smallest absolute Gasteiger partial charge is 0.419 e. The van der Waals surface area contributed by atoms with E-state index in [1.54, 1.807) is 18.2 Å². The number of alkyl halides is 3. The number of ether oxygens (including phenoxy) is 2. The minimum Gasteiger partial charge on any atom is -0.495 e. The number of benzene rings is 1. The molecule has 1 saturated carbocycles. The Morgan fingerprint density at radius 2 is 1.85 bits per heavy atom. The summed E-state index contributed by atoms with van der Waals surface area (Å²) >= 11 is 0. The van der Waals surface area contributed by atoms with Gasteiger partial charge in [0.1, 0.15) is 5.75 Å². The molecule has 9 nitrogen and oxygen atoms in total. The summed E-state index contributed by atoms with van der Waals surface area (Å²) < 4.78 is 52.3. The lowest BCUT2D eigenvalue weighted by Crippen LogP contribution is -2.42. The van der Waals surface area contributed by atoms with Crippen molar-refractivity contribution in [1.82, 2.24) is 20.6 Å². The highest BCUT2D eigenvalue weighted by Gasteiger charge is 2.37. The Morgan fingerprint density at radius 3 is 2.54 bits per heavy atom. The molecule has 4 rings (SSSR count). The summed E-state index contributed by atoms with van der Waals surface area (Å²) in [5.74, 6) is -0.333.